The molecule has 0 aromatic heterocycles. The fraction of sp³-hybridized carbons (Fsp3) is 0.500. The highest BCUT2D eigenvalue weighted by Gasteiger charge is 2.01. The van der Waals surface area contributed by atoms with Crippen LogP contribution in [0.15, 0.2) is 24.3 Å². The lowest BCUT2D eigenvalue weighted by Crippen LogP contribution is -1.92. The molecule has 0 nitrogen and oxygen atoms in total. The summed E-state index contributed by atoms with van der Waals surface area (Å²) in [5.74, 6) is 0.705. The van der Waals surface area contributed by atoms with E-state index in [1.807, 2.05) is 0 Å². The first-order valence-electron chi connectivity index (χ1n) is 4.86. The first-order valence-corrected chi connectivity index (χ1v) is 4.86. The molecular formula is C12H18. The minimum absolute atomic E-state index is 0.705. The second-order valence-electron chi connectivity index (χ2n) is 3.41. The quantitative estimate of drug-likeness (QED) is 0.634. The summed E-state index contributed by atoms with van der Waals surface area (Å²) in [5.41, 5.74) is 2.93. The molecule has 0 spiro atoms. The zero-order chi connectivity index (χ0) is 8.97. The highest BCUT2D eigenvalue weighted by molar-refractivity contribution is 5.25. The lowest BCUT2D eigenvalue weighted by Gasteiger charge is -2.09. The average Bonchev–Trinajstić information content (AvgIpc) is 2.17. The van der Waals surface area contributed by atoms with Gasteiger partial charge in [-0.25, -0.2) is 0 Å². The van der Waals surface area contributed by atoms with Gasteiger partial charge in [0.05, 0.1) is 0 Å². The molecule has 1 aromatic carbocycles. The van der Waals surface area contributed by atoms with Crippen LogP contribution >= 0.6 is 0 Å². The SMILES string of the molecule is CCc1cccc([C@@H](C)CC)c1. The highest BCUT2D eigenvalue weighted by Crippen LogP contribution is 2.19. The minimum atomic E-state index is 0.705. The van der Waals surface area contributed by atoms with Gasteiger partial charge in [-0.05, 0) is 29.9 Å². The van der Waals surface area contributed by atoms with Gasteiger partial charge in [0.2, 0.25) is 0 Å². The van der Waals surface area contributed by atoms with Crippen LogP contribution in [-0.4, -0.2) is 0 Å². The summed E-state index contributed by atoms with van der Waals surface area (Å²) in [4.78, 5) is 0. The fourth-order valence-electron chi connectivity index (χ4n) is 1.36. The first kappa shape index (κ1) is 9.31. The Morgan fingerprint density at radius 2 is 2.00 bits per heavy atom. The van der Waals surface area contributed by atoms with Crippen molar-refractivity contribution < 1.29 is 0 Å². The van der Waals surface area contributed by atoms with Crippen LogP contribution in [0.25, 0.3) is 0 Å². The summed E-state index contributed by atoms with van der Waals surface area (Å²) < 4.78 is 0. The van der Waals surface area contributed by atoms with Crippen LogP contribution < -0.4 is 0 Å². The third-order valence-electron chi connectivity index (χ3n) is 2.54. The van der Waals surface area contributed by atoms with Crippen LogP contribution in [0, 0.1) is 0 Å². The van der Waals surface area contributed by atoms with E-state index in [1.54, 1.807) is 0 Å². The zero-order valence-corrected chi connectivity index (χ0v) is 8.30. The van der Waals surface area contributed by atoms with Crippen molar-refractivity contribution in [2.75, 3.05) is 0 Å². The van der Waals surface area contributed by atoms with Gasteiger partial charge in [-0.15, -0.1) is 0 Å². The van der Waals surface area contributed by atoms with Gasteiger partial charge in [0, 0.05) is 0 Å². The maximum absolute atomic E-state index is 2.33. The van der Waals surface area contributed by atoms with E-state index in [0.29, 0.717) is 5.92 Å². The second kappa shape index (κ2) is 4.30. The lowest BCUT2D eigenvalue weighted by atomic mass is 9.96. The summed E-state index contributed by atoms with van der Waals surface area (Å²) in [7, 11) is 0. The molecule has 0 amide bonds. The molecule has 0 saturated heterocycles. The van der Waals surface area contributed by atoms with E-state index in [9.17, 15) is 0 Å². The van der Waals surface area contributed by atoms with Gasteiger partial charge in [-0.1, -0.05) is 45.0 Å². The fourth-order valence-corrected chi connectivity index (χ4v) is 1.36. The zero-order valence-electron chi connectivity index (χ0n) is 8.30. The van der Waals surface area contributed by atoms with E-state index < -0.39 is 0 Å². The standard InChI is InChI=1S/C12H18/c1-4-10(3)12-8-6-7-11(5-2)9-12/h6-10H,4-5H2,1-3H3/t10-/m0/s1. The molecule has 66 valence electrons. The predicted octanol–water partition coefficient (Wildman–Crippen LogP) is 3.76. The molecule has 0 radical (unpaired) electrons. The number of hydrogen-bond acceptors (Lipinski definition) is 0. The maximum Gasteiger partial charge on any atom is -0.0193 e. The van der Waals surface area contributed by atoms with E-state index in [-0.39, 0.29) is 0 Å². The molecule has 0 unspecified atom stereocenters. The van der Waals surface area contributed by atoms with Gasteiger partial charge in [0.1, 0.15) is 0 Å². The predicted molar refractivity (Wildman–Crippen MR) is 54.5 cm³/mol. The Labute approximate surface area is 75.6 Å². The van der Waals surface area contributed by atoms with Gasteiger partial charge >= 0.3 is 0 Å². The van der Waals surface area contributed by atoms with Crippen molar-refractivity contribution >= 4 is 0 Å². The van der Waals surface area contributed by atoms with Gasteiger partial charge in [0.15, 0.2) is 0 Å². The number of hydrogen-bond donors (Lipinski definition) is 0. The van der Waals surface area contributed by atoms with Gasteiger partial charge in [-0.2, -0.15) is 0 Å². The van der Waals surface area contributed by atoms with E-state index in [1.165, 1.54) is 17.5 Å². The molecule has 12 heavy (non-hydrogen) atoms. The number of rotatable bonds is 3. The smallest absolute Gasteiger partial charge is 0.0193 e. The van der Waals surface area contributed by atoms with Crippen molar-refractivity contribution in [2.45, 2.75) is 39.5 Å². The Bertz CT molecular complexity index is 238. The van der Waals surface area contributed by atoms with Crippen LogP contribution in [0.5, 0.6) is 0 Å². The lowest BCUT2D eigenvalue weighted by molar-refractivity contribution is 0.732. The van der Waals surface area contributed by atoms with Gasteiger partial charge < -0.3 is 0 Å². The van der Waals surface area contributed by atoms with E-state index in [2.05, 4.69) is 45.0 Å². The topological polar surface area (TPSA) is 0 Å². The summed E-state index contributed by atoms with van der Waals surface area (Å²) in [6.07, 6.45) is 2.37. The largest absolute Gasteiger partial charge is 0.0648 e. The third-order valence-corrected chi connectivity index (χ3v) is 2.54. The molecule has 0 aliphatic heterocycles. The average molecular weight is 162 g/mol. The molecule has 0 bridgehead atoms. The van der Waals surface area contributed by atoms with E-state index >= 15 is 0 Å². The summed E-state index contributed by atoms with van der Waals surface area (Å²) in [5, 5.41) is 0. The highest BCUT2D eigenvalue weighted by atomic mass is 14.1. The Morgan fingerprint density at radius 3 is 2.58 bits per heavy atom. The molecule has 0 N–H and O–H groups in total. The molecule has 0 heteroatoms. The molecule has 0 fully saturated rings. The molecule has 1 rings (SSSR count). The molecule has 0 aliphatic carbocycles. The Hall–Kier alpha value is -0.780. The van der Waals surface area contributed by atoms with Crippen LogP contribution in [-0.2, 0) is 6.42 Å². The molecule has 0 saturated carbocycles. The summed E-state index contributed by atoms with van der Waals surface area (Å²) >= 11 is 0. The van der Waals surface area contributed by atoms with Crippen molar-refractivity contribution in [2.24, 2.45) is 0 Å². The Kier molecular flexibility index (Phi) is 3.33. The number of aryl methyl sites for hydroxylation is 1. The first-order chi connectivity index (χ1) is 5.77. The maximum atomic E-state index is 2.33. The van der Waals surface area contributed by atoms with Crippen LogP contribution in [0.1, 0.15) is 44.2 Å². The monoisotopic (exact) mass is 162 g/mol. The van der Waals surface area contributed by atoms with Crippen LogP contribution in [0.4, 0.5) is 0 Å². The minimum Gasteiger partial charge on any atom is -0.0648 e. The molecule has 1 aromatic rings. The number of benzene rings is 1. The van der Waals surface area contributed by atoms with E-state index in [0.717, 1.165) is 6.42 Å². The van der Waals surface area contributed by atoms with Crippen molar-refractivity contribution in [3.8, 4) is 0 Å². The normalized spacial score (nSPS) is 12.9. The molecular weight excluding hydrogens is 144 g/mol. The second-order valence-corrected chi connectivity index (χ2v) is 3.41. The summed E-state index contributed by atoms with van der Waals surface area (Å²) in [6.45, 7) is 6.73. The Morgan fingerprint density at radius 1 is 1.25 bits per heavy atom. The van der Waals surface area contributed by atoms with Crippen molar-refractivity contribution in [3.05, 3.63) is 35.4 Å². The Balaban J connectivity index is 2.86. The summed E-state index contributed by atoms with van der Waals surface area (Å²) in [6, 6.07) is 8.92. The molecule has 0 aliphatic rings. The van der Waals surface area contributed by atoms with E-state index in [4.69, 9.17) is 0 Å². The van der Waals surface area contributed by atoms with Crippen LogP contribution in [0.3, 0.4) is 0 Å². The van der Waals surface area contributed by atoms with Crippen LogP contribution in [0.2, 0.25) is 0 Å². The van der Waals surface area contributed by atoms with Crippen molar-refractivity contribution in [1.29, 1.82) is 0 Å². The molecule has 0 heterocycles. The van der Waals surface area contributed by atoms with Gasteiger partial charge in [-0.3, -0.25) is 0 Å². The molecule has 1 atom stereocenters. The van der Waals surface area contributed by atoms with Crippen molar-refractivity contribution in [3.63, 3.8) is 0 Å². The third kappa shape index (κ3) is 2.10. The van der Waals surface area contributed by atoms with Gasteiger partial charge in [0.25, 0.3) is 0 Å². The van der Waals surface area contributed by atoms with Crippen molar-refractivity contribution in [1.82, 2.24) is 0 Å².